The van der Waals surface area contributed by atoms with E-state index >= 15 is 0 Å². The summed E-state index contributed by atoms with van der Waals surface area (Å²) in [5.74, 6) is 0. The van der Waals surface area contributed by atoms with E-state index in [2.05, 4.69) is 18.9 Å². The molecule has 0 aliphatic carbocycles. The van der Waals surface area contributed by atoms with E-state index in [9.17, 15) is 4.79 Å². The molecule has 0 aromatic rings. The molecule has 1 saturated heterocycles. The first kappa shape index (κ1) is 12.4. The molecule has 0 radical (unpaired) electrons. The van der Waals surface area contributed by atoms with Crippen LogP contribution in [0.2, 0.25) is 0 Å². The summed E-state index contributed by atoms with van der Waals surface area (Å²) in [5.41, 5.74) is 0. The Bertz CT molecular complexity index is 139. The van der Waals surface area contributed by atoms with Gasteiger partial charge >= 0.3 is 0 Å². The van der Waals surface area contributed by atoms with Crippen LogP contribution in [-0.2, 0) is 4.79 Å². The molecule has 1 aliphatic rings. The smallest absolute Gasteiger partial charge is 0.210 e. The Hall–Kier alpha value is -0.570. The van der Waals surface area contributed by atoms with Gasteiger partial charge in [-0.2, -0.15) is 0 Å². The van der Waals surface area contributed by atoms with E-state index in [1.54, 1.807) is 0 Å². The van der Waals surface area contributed by atoms with Crippen LogP contribution in [0.3, 0.4) is 0 Å². The highest BCUT2D eigenvalue weighted by atomic mass is 16.1. The van der Waals surface area contributed by atoms with Gasteiger partial charge in [0.2, 0.25) is 6.41 Å². The number of piperazine rings is 1. The van der Waals surface area contributed by atoms with E-state index in [4.69, 9.17) is 0 Å². The molecule has 3 nitrogen and oxygen atoms in total. The second kappa shape index (κ2) is 6.89. The molecule has 0 aromatic carbocycles. The predicted molar refractivity (Wildman–Crippen MR) is 55.7 cm³/mol. The third kappa shape index (κ3) is 3.77. The molecule has 0 spiro atoms. The third-order valence-corrected chi connectivity index (χ3v) is 2.34. The topological polar surface area (TPSA) is 23.6 Å². The van der Waals surface area contributed by atoms with Crippen molar-refractivity contribution in [2.24, 2.45) is 0 Å². The summed E-state index contributed by atoms with van der Waals surface area (Å²) >= 11 is 0. The molecule has 0 bridgehead atoms. The maximum absolute atomic E-state index is 10.5. The molecule has 0 N–H and O–H groups in total. The molecule has 0 saturated carbocycles. The van der Waals surface area contributed by atoms with Crippen LogP contribution in [0.4, 0.5) is 0 Å². The zero-order valence-electron chi connectivity index (χ0n) is 9.29. The van der Waals surface area contributed by atoms with Gasteiger partial charge in [-0.3, -0.25) is 4.79 Å². The van der Waals surface area contributed by atoms with Gasteiger partial charge in [-0.1, -0.05) is 20.8 Å². The van der Waals surface area contributed by atoms with Crippen molar-refractivity contribution in [3.05, 3.63) is 0 Å². The van der Waals surface area contributed by atoms with Gasteiger partial charge in [0.15, 0.2) is 0 Å². The highest BCUT2D eigenvalue weighted by molar-refractivity contribution is 5.48. The normalized spacial score (nSPS) is 23.4. The van der Waals surface area contributed by atoms with Crippen molar-refractivity contribution in [2.45, 2.75) is 33.2 Å². The second-order valence-corrected chi connectivity index (χ2v) is 3.17. The fourth-order valence-corrected chi connectivity index (χ4v) is 1.53. The molecular formula is C10H22N2O. The molecule has 1 amide bonds. The minimum absolute atomic E-state index is 0.436. The molecule has 13 heavy (non-hydrogen) atoms. The van der Waals surface area contributed by atoms with E-state index in [0.29, 0.717) is 6.04 Å². The van der Waals surface area contributed by atoms with E-state index in [0.717, 1.165) is 32.5 Å². The van der Waals surface area contributed by atoms with Crippen molar-refractivity contribution < 1.29 is 4.79 Å². The first-order chi connectivity index (χ1) is 6.27. The van der Waals surface area contributed by atoms with E-state index in [1.165, 1.54) is 0 Å². The molecule has 1 unspecified atom stereocenters. The van der Waals surface area contributed by atoms with Gasteiger partial charge in [-0.25, -0.2) is 0 Å². The van der Waals surface area contributed by atoms with Crippen molar-refractivity contribution in [1.82, 2.24) is 9.80 Å². The number of carbonyl (C=O) groups is 1. The lowest BCUT2D eigenvalue weighted by Gasteiger charge is -2.37. The molecule has 78 valence electrons. The quantitative estimate of drug-likeness (QED) is 0.605. The zero-order chi connectivity index (χ0) is 10.3. The predicted octanol–water partition coefficient (Wildman–Crippen LogP) is 1.20. The lowest BCUT2D eigenvalue weighted by molar-refractivity contribution is -0.122. The van der Waals surface area contributed by atoms with Crippen molar-refractivity contribution in [1.29, 1.82) is 0 Å². The maximum Gasteiger partial charge on any atom is 0.210 e. The first-order valence-electron chi connectivity index (χ1n) is 5.17. The van der Waals surface area contributed by atoms with E-state index in [-0.39, 0.29) is 0 Å². The van der Waals surface area contributed by atoms with Gasteiger partial charge in [-0.15, -0.1) is 0 Å². The lowest BCUT2D eigenvalue weighted by atomic mass is 10.1. The Morgan fingerprint density at radius 2 is 2.00 bits per heavy atom. The van der Waals surface area contributed by atoms with Gasteiger partial charge in [-0.05, 0) is 13.5 Å². The summed E-state index contributed by atoms with van der Waals surface area (Å²) in [6.45, 7) is 9.04. The number of carbonyl (C=O) groups excluding carboxylic acids is 1. The summed E-state index contributed by atoms with van der Waals surface area (Å²) in [6, 6.07) is 0.436. The van der Waals surface area contributed by atoms with Crippen molar-refractivity contribution in [3.63, 3.8) is 0 Å². The highest BCUT2D eigenvalue weighted by Gasteiger charge is 2.21. The van der Waals surface area contributed by atoms with Crippen LogP contribution in [0.1, 0.15) is 27.2 Å². The number of nitrogens with zero attached hydrogens (tertiary/aromatic N) is 2. The van der Waals surface area contributed by atoms with Gasteiger partial charge < -0.3 is 9.80 Å². The van der Waals surface area contributed by atoms with Gasteiger partial charge in [0.25, 0.3) is 0 Å². The number of amides is 1. The minimum atomic E-state index is 0.436. The third-order valence-electron chi connectivity index (χ3n) is 2.34. The van der Waals surface area contributed by atoms with Crippen molar-refractivity contribution >= 4 is 6.41 Å². The molecular weight excluding hydrogens is 164 g/mol. The Kier molecular flexibility index (Phi) is 6.59. The summed E-state index contributed by atoms with van der Waals surface area (Å²) in [5, 5.41) is 0. The van der Waals surface area contributed by atoms with Crippen LogP contribution in [0.25, 0.3) is 0 Å². The SMILES string of the molecule is CC.CCC1CN(C)CCN1C=O. The van der Waals surface area contributed by atoms with Crippen LogP contribution >= 0.6 is 0 Å². The Morgan fingerprint density at radius 3 is 2.46 bits per heavy atom. The molecule has 1 fully saturated rings. The molecule has 1 aliphatic heterocycles. The van der Waals surface area contributed by atoms with Crippen LogP contribution in [0.15, 0.2) is 0 Å². The summed E-state index contributed by atoms with van der Waals surface area (Å²) < 4.78 is 0. The Morgan fingerprint density at radius 1 is 1.38 bits per heavy atom. The number of likely N-dealkylation sites (N-methyl/N-ethyl adjacent to an activating group) is 1. The van der Waals surface area contributed by atoms with E-state index < -0.39 is 0 Å². The molecule has 1 heterocycles. The average Bonchev–Trinajstić information content (AvgIpc) is 2.20. The molecule has 3 heteroatoms. The highest BCUT2D eigenvalue weighted by Crippen LogP contribution is 2.08. The lowest BCUT2D eigenvalue weighted by Crippen LogP contribution is -2.50. The molecule has 1 atom stereocenters. The molecule has 0 aromatic heterocycles. The van der Waals surface area contributed by atoms with Crippen molar-refractivity contribution in [2.75, 3.05) is 26.7 Å². The Balaban J connectivity index is 0.000000671. The first-order valence-corrected chi connectivity index (χ1v) is 5.17. The average molecular weight is 186 g/mol. The fraction of sp³-hybridized carbons (Fsp3) is 0.900. The summed E-state index contributed by atoms with van der Waals surface area (Å²) in [4.78, 5) is 14.7. The van der Waals surface area contributed by atoms with Gasteiger partial charge in [0.1, 0.15) is 0 Å². The van der Waals surface area contributed by atoms with Crippen LogP contribution in [0, 0.1) is 0 Å². The molecule has 1 rings (SSSR count). The fourth-order valence-electron chi connectivity index (χ4n) is 1.53. The van der Waals surface area contributed by atoms with Crippen molar-refractivity contribution in [3.8, 4) is 0 Å². The summed E-state index contributed by atoms with van der Waals surface area (Å²) in [7, 11) is 2.10. The second-order valence-electron chi connectivity index (χ2n) is 3.17. The maximum atomic E-state index is 10.5. The van der Waals surface area contributed by atoms with E-state index in [1.807, 2.05) is 18.7 Å². The Labute approximate surface area is 81.7 Å². The van der Waals surface area contributed by atoms with Crippen LogP contribution < -0.4 is 0 Å². The summed E-state index contributed by atoms with van der Waals surface area (Å²) in [6.07, 6.45) is 2.03. The standard InChI is InChI=1S/C8H16N2O.C2H6/c1-3-8-6-9(2)4-5-10(8)7-11;1-2/h7-8H,3-6H2,1-2H3;1-2H3. The van der Waals surface area contributed by atoms with Gasteiger partial charge in [0.05, 0.1) is 0 Å². The number of hydrogen-bond acceptors (Lipinski definition) is 2. The van der Waals surface area contributed by atoms with Crippen LogP contribution in [0.5, 0.6) is 0 Å². The minimum Gasteiger partial charge on any atom is -0.340 e. The van der Waals surface area contributed by atoms with Crippen LogP contribution in [-0.4, -0.2) is 48.9 Å². The largest absolute Gasteiger partial charge is 0.340 e. The monoisotopic (exact) mass is 186 g/mol. The zero-order valence-corrected chi connectivity index (χ0v) is 9.29. The number of rotatable bonds is 2. The number of hydrogen-bond donors (Lipinski definition) is 0. The van der Waals surface area contributed by atoms with Gasteiger partial charge in [0, 0.05) is 25.7 Å².